The van der Waals surface area contributed by atoms with Gasteiger partial charge in [-0.05, 0) is 42.1 Å². The molecule has 1 unspecified atom stereocenters. The van der Waals surface area contributed by atoms with Crippen LogP contribution in [0.5, 0.6) is 0 Å². The molecule has 0 spiro atoms. The van der Waals surface area contributed by atoms with E-state index in [2.05, 4.69) is 52.0 Å². The zero-order valence-electron chi connectivity index (χ0n) is 13.4. The van der Waals surface area contributed by atoms with Crippen molar-refractivity contribution in [1.82, 2.24) is 14.7 Å². The van der Waals surface area contributed by atoms with Crippen molar-refractivity contribution in [2.24, 2.45) is 0 Å². The molecule has 0 bridgehead atoms. The van der Waals surface area contributed by atoms with Crippen molar-refractivity contribution in [2.45, 2.75) is 19.6 Å². The number of imidazole rings is 1. The van der Waals surface area contributed by atoms with Crippen molar-refractivity contribution in [3.8, 4) is 0 Å². The summed E-state index contributed by atoms with van der Waals surface area (Å²) in [6.07, 6.45) is 3.42. The van der Waals surface area contributed by atoms with Gasteiger partial charge in [-0.1, -0.05) is 18.2 Å². The highest BCUT2D eigenvalue weighted by Crippen LogP contribution is 2.29. The lowest BCUT2D eigenvalue weighted by molar-refractivity contribution is 0.178. The molecule has 1 atom stereocenters. The smallest absolute Gasteiger partial charge is 0.137 e. The first-order valence-corrected chi connectivity index (χ1v) is 8.82. The Bertz CT molecular complexity index is 956. The lowest BCUT2D eigenvalue weighted by Gasteiger charge is -2.10. The third-order valence-electron chi connectivity index (χ3n) is 4.16. The molecule has 4 aromatic rings. The maximum Gasteiger partial charge on any atom is 0.137 e. The first kappa shape index (κ1) is 15.3. The summed E-state index contributed by atoms with van der Waals surface area (Å²) >= 11 is 1.65. The molecule has 4 nitrogen and oxygen atoms in total. The number of aryl methyl sites for hydroxylation is 1. The number of aliphatic hydroxyl groups is 1. The van der Waals surface area contributed by atoms with E-state index in [1.54, 1.807) is 11.3 Å². The van der Waals surface area contributed by atoms with Gasteiger partial charge in [-0.2, -0.15) is 0 Å². The number of hydrogen-bond donors (Lipinski definition) is 2. The average Bonchev–Trinajstić information content (AvgIpc) is 3.18. The van der Waals surface area contributed by atoms with E-state index in [0.29, 0.717) is 13.1 Å². The molecule has 0 amide bonds. The molecule has 0 aliphatic heterocycles. The van der Waals surface area contributed by atoms with Gasteiger partial charge < -0.3 is 14.8 Å². The fraction of sp³-hybridized carbons (Fsp3) is 0.211. The summed E-state index contributed by atoms with van der Waals surface area (Å²) in [5, 5.41) is 14.9. The van der Waals surface area contributed by atoms with Crippen LogP contribution in [0.15, 0.2) is 54.9 Å². The van der Waals surface area contributed by atoms with E-state index in [9.17, 15) is 5.11 Å². The Morgan fingerprint density at radius 1 is 1.25 bits per heavy atom. The Morgan fingerprint density at radius 2 is 2.12 bits per heavy atom. The van der Waals surface area contributed by atoms with Crippen LogP contribution in [0, 0.1) is 6.92 Å². The summed E-state index contributed by atoms with van der Waals surface area (Å²) in [6.45, 7) is 3.26. The van der Waals surface area contributed by atoms with Gasteiger partial charge in [-0.25, -0.2) is 4.98 Å². The minimum Gasteiger partial charge on any atom is -0.386 e. The van der Waals surface area contributed by atoms with Crippen LogP contribution in [0.4, 0.5) is 0 Å². The Morgan fingerprint density at radius 3 is 3.00 bits per heavy atom. The standard InChI is InChI=1S/C19H19N3OS/c1-13-6-7-22-15(11-21-19(22)8-13)10-20-12-16(23)18-9-14-4-2-3-5-17(14)24-18/h2-9,11,16,20,23H,10,12H2,1H3. The average molecular weight is 337 g/mol. The van der Waals surface area contributed by atoms with Crippen LogP contribution in [0.3, 0.4) is 0 Å². The molecule has 4 rings (SSSR count). The molecule has 122 valence electrons. The molecule has 1 aromatic carbocycles. The maximum atomic E-state index is 10.4. The van der Waals surface area contributed by atoms with Gasteiger partial charge in [-0.3, -0.25) is 0 Å². The second-order valence-corrected chi connectivity index (χ2v) is 7.13. The summed E-state index contributed by atoms with van der Waals surface area (Å²) in [5.41, 5.74) is 3.25. The normalized spacial score (nSPS) is 12.9. The maximum absolute atomic E-state index is 10.4. The van der Waals surface area contributed by atoms with E-state index >= 15 is 0 Å². The lowest BCUT2D eigenvalue weighted by Crippen LogP contribution is -2.21. The monoisotopic (exact) mass is 337 g/mol. The van der Waals surface area contributed by atoms with E-state index in [4.69, 9.17) is 0 Å². The first-order chi connectivity index (χ1) is 11.7. The predicted octanol–water partition coefficient (Wildman–Crippen LogP) is 3.68. The fourth-order valence-electron chi connectivity index (χ4n) is 2.87. The van der Waals surface area contributed by atoms with Gasteiger partial charge in [-0.15, -0.1) is 11.3 Å². The van der Waals surface area contributed by atoms with Gasteiger partial charge in [0.1, 0.15) is 11.8 Å². The van der Waals surface area contributed by atoms with E-state index < -0.39 is 6.10 Å². The van der Waals surface area contributed by atoms with Crippen molar-refractivity contribution in [3.05, 3.63) is 71.0 Å². The van der Waals surface area contributed by atoms with Gasteiger partial charge in [0.2, 0.25) is 0 Å². The Kier molecular flexibility index (Phi) is 4.06. The van der Waals surface area contributed by atoms with Crippen LogP contribution in [0.25, 0.3) is 15.7 Å². The number of rotatable bonds is 5. The molecule has 5 heteroatoms. The molecule has 3 heterocycles. The molecule has 0 saturated carbocycles. The Balaban J connectivity index is 1.42. The number of aliphatic hydroxyl groups excluding tert-OH is 1. The van der Waals surface area contributed by atoms with Crippen molar-refractivity contribution in [1.29, 1.82) is 0 Å². The van der Waals surface area contributed by atoms with E-state index in [-0.39, 0.29) is 0 Å². The van der Waals surface area contributed by atoms with Crippen LogP contribution in [-0.2, 0) is 6.54 Å². The van der Waals surface area contributed by atoms with Gasteiger partial charge in [0.15, 0.2) is 0 Å². The number of aromatic nitrogens is 2. The molecular weight excluding hydrogens is 318 g/mol. The van der Waals surface area contributed by atoms with Crippen LogP contribution in [0.1, 0.15) is 22.2 Å². The van der Waals surface area contributed by atoms with E-state index in [1.807, 2.05) is 24.5 Å². The second-order valence-electron chi connectivity index (χ2n) is 6.02. The van der Waals surface area contributed by atoms with Crippen molar-refractivity contribution >= 4 is 27.1 Å². The summed E-state index contributed by atoms with van der Waals surface area (Å²) < 4.78 is 3.29. The number of pyridine rings is 1. The molecule has 0 fully saturated rings. The van der Waals surface area contributed by atoms with Gasteiger partial charge >= 0.3 is 0 Å². The largest absolute Gasteiger partial charge is 0.386 e. The zero-order valence-corrected chi connectivity index (χ0v) is 14.3. The minimum absolute atomic E-state index is 0.496. The van der Waals surface area contributed by atoms with Crippen molar-refractivity contribution in [3.63, 3.8) is 0 Å². The number of benzene rings is 1. The van der Waals surface area contributed by atoms with Crippen molar-refractivity contribution in [2.75, 3.05) is 6.54 Å². The number of nitrogens with zero attached hydrogens (tertiary/aromatic N) is 2. The van der Waals surface area contributed by atoms with Gasteiger partial charge in [0, 0.05) is 28.9 Å². The van der Waals surface area contributed by atoms with Gasteiger partial charge in [0.25, 0.3) is 0 Å². The molecule has 0 aliphatic carbocycles. The molecule has 3 aromatic heterocycles. The third kappa shape index (κ3) is 2.94. The Labute approximate surface area is 144 Å². The van der Waals surface area contributed by atoms with E-state index in [0.717, 1.165) is 16.2 Å². The summed E-state index contributed by atoms with van der Waals surface area (Å²) in [4.78, 5) is 5.42. The van der Waals surface area contributed by atoms with E-state index in [1.165, 1.54) is 15.6 Å². The topological polar surface area (TPSA) is 49.6 Å². The first-order valence-electron chi connectivity index (χ1n) is 8.00. The van der Waals surface area contributed by atoms with Crippen LogP contribution >= 0.6 is 11.3 Å². The quantitative estimate of drug-likeness (QED) is 0.584. The fourth-order valence-corrected chi connectivity index (χ4v) is 3.92. The third-order valence-corrected chi connectivity index (χ3v) is 5.38. The summed E-state index contributed by atoms with van der Waals surface area (Å²) in [5.74, 6) is 0. The summed E-state index contributed by atoms with van der Waals surface area (Å²) in [6, 6.07) is 14.4. The minimum atomic E-state index is -0.496. The molecule has 0 saturated heterocycles. The second kappa shape index (κ2) is 6.36. The van der Waals surface area contributed by atoms with Crippen LogP contribution < -0.4 is 5.32 Å². The SMILES string of the molecule is Cc1ccn2c(CNCC(O)c3cc4ccccc4s3)cnc2c1. The lowest BCUT2D eigenvalue weighted by atomic mass is 10.2. The highest BCUT2D eigenvalue weighted by molar-refractivity contribution is 7.19. The zero-order chi connectivity index (χ0) is 16.5. The van der Waals surface area contributed by atoms with Crippen LogP contribution in [0.2, 0.25) is 0 Å². The highest BCUT2D eigenvalue weighted by Gasteiger charge is 2.11. The summed E-state index contributed by atoms with van der Waals surface area (Å²) in [7, 11) is 0. The molecule has 0 aliphatic rings. The highest BCUT2D eigenvalue weighted by atomic mass is 32.1. The predicted molar refractivity (Wildman–Crippen MR) is 98.4 cm³/mol. The number of nitrogens with one attached hydrogen (secondary N) is 1. The number of fused-ring (bicyclic) bond motifs is 2. The Hall–Kier alpha value is -2.21. The van der Waals surface area contributed by atoms with Gasteiger partial charge in [0.05, 0.1) is 11.9 Å². The van der Waals surface area contributed by atoms with Crippen molar-refractivity contribution < 1.29 is 5.11 Å². The van der Waals surface area contributed by atoms with Crippen LogP contribution in [-0.4, -0.2) is 21.0 Å². The molecule has 2 N–H and O–H groups in total. The number of hydrogen-bond acceptors (Lipinski definition) is 4. The molecule has 0 radical (unpaired) electrons. The number of thiophene rings is 1. The molecule has 24 heavy (non-hydrogen) atoms. The molecular formula is C19H19N3OS.